The SMILES string of the molecule is CC[C@@H](C)NCCOCCOc1ccc(I)cc1. The highest BCUT2D eigenvalue weighted by Crippen LogP contribution is 2.13. The van der Waals surface area contributed by atoms with E-state index in [-0.39, 0.29) is 0 Å². The minimum Gasteiger partial charge on any atom is -0.491 e. The smallest absolute Gasteiger partial charge is 0.119 e. The molecule has 1 rings (SSSR count). The lowest BCUT2D eigenvalue weighted by atomic mass is 10.3. The number of nitrogens with one attached hydrogen (secondary N) is 1. The van der Waals surface area contributed by atoms with Gasteiger partial charge in [0.1, 0.15) is 12.4 Å². The summed E-state index contributed by atoms with van der Waals surface area (Å²) < 4.78 is 12.3. The summed E-state index contributed by atoms with van der Waals surface area (Å²) in [5.74, 6) is 0.900. The molecule has 0 bridgehead atoms. The molecule has 1 aromatic rings. The second kappa shape index (κ2) is 9.58. The Labute approximate surface area is 123 Å². The Bertz CT molecular complexity index is 316. The predicted octanol–water partition coefficient (Wildman–Crippen LogP) is 3.07. The second-order valence-corrected chi connectivity index (χ2v) is 5.42. The first kappa shape index (κ1) is 15.7. The average molecular weight is 363 g/mol. The third-order valence-corrected chi connectivity index (χ3v) is 3.38. The maximum Gasteiger partial charge on any atom is 0.119 e. The molecule has 0 saturated carbocycles. The van der Waals surface area contributed by atoms with Crippen LogP contribution in [-0.4, -0.2) is 32.4 Å². The van der Waals surface area contributed by atoms with E-state index in [0.29, 0.717) is 19.3 Å². The molecule has 1 atom stereocenters. The van der Waals surface area contributed by atoms with Gasteiger partial charge in [-0.15, -0.1) is 0 Å². The highest BCUT2D eigenvalue weighted by atomic mass is 127. The van der Waals surface area contributed by atoms with E-state index in [0.717, 1.165) is 25.3 Å². The Balaban J connectivity index is 1.97. The molecule has 102 valence electrons. The highest BCUT2D eigenvalue weighted by Gasteiger charge is 1.97. The molecular formula is C14H22INO2. The molecule has 0 saturated heterocycles. The van der Waals surface area contributed by atoms with Gasteiger partial charge in [-0.2, -0.15) is 0 Å². The van der Waals surface area contributed by atoms with Crippen molar-refractivity contribution < 1.29 is 9.47 Å². The van der Waals surface area contributed by atoms with Gasteiger partial charge in [-0.05, 0) is 60.2 Å². The number of rotatable bonds is 9. The van der Waals surface area contributed by atoms with Gasteiger partial charge in [-0.25, -0.2) is 0 Å². The van der Waals surface area contributed by atoms with Crippen LogP contribution in [0.1, 0.15) is 20.3 Å². The van der Waals surface area contributed by atoms with Gasteiger partial charge in [0.15, 0.2) is 0 Å². The third-order valence-electron chi connectivity index (χ3n) is 2.66. The van der Waals surface area contributed by atoms with Crippen molar-refractivity contribution in [1.82, 2.24) is 5.32 Å². The summed E-state index contributed by atoms with van der Waals surface area (Å²) >= 11 is 2.28. The van der Waals surface area contributed by atoms with Crippen molar-refractivity contribution in [3.05, 3.63) is 27.8 Å². The normalized spacial score (nSPS) is 12.4. The fourth-order valence-corrected chi connectivity index (χ4v) is 1.73. The molecule has 4 heteroatoms. The predicted molar refractivity (Wildman–Crippen MR) is 83.2 cm³/mol. The molecule has 1 N–H and O–H groups in total. The lowest BCUT2D eigenvalue weighted by molar-refractivity contribution is 0.100. The molecule has 0 radical (unpaired) electrons. The van der Waals surface area contributed by atoms with Gasteiger partial charge in [-0.1, -0.05) is 6.92 Å². The zero-order valence-corrected chi connectivity index (χ0v) is 13.3. The highest BCUT2D eigenvalue weighted by molar-refractivity contribution is 14.1. The first-order chi connectivity index (χ1) is 8.72. The van der Waals surface area contributed by atoms with E-state index >= 15 is 0 Å². The number of halogens is 1. The van der Waals surface area contributed by atoms with Gasteiger partial charge in [0.05, 0.1) is 13.2 Å². The standard InChI is InChI=1S/C14H22INO2/c1-3-12(2)16-8-9-17-10-11-18-14-6-4-13(15)5-7-14/h4-7,12,16H,3,8-11H2,1-2H3/t12-/m1/s1. The summed E-state index contributed by atoms with van der Waals surface area (Å²) in [6.45, 7) is 7.23. The Kier molecular flexibility index (Phi) is 8.37. The minimum atomic E-state index is 0.566. The van der Waals surface area contributed by atoms with Gasteiger partial charge < -0.3 is 14.8 Å². The zero-order valence-electron chi connectivity index (χ0n) is 11.1. The Morgan fingerprint density at radius 2 is 1.89 bits per heavy atom. The van der Waals surface area contributed by atoms with E-state index < -0.39 is 0 Å². The monoisotopic (exact) mass is 363 g/mol. The van der Waals surface area contributed by atoms with Crippen LogP contribution in [0.3, 0.4) is 0 Å². The molecule has 1 aromatic carbocycles. The first-order valence-corrected chi connectivity index (χ1v) is 7.49. The number of ether oxygens (including phenoxy) is 2. The van der Waals surface area contributed by atoms with Crippen LogP contribution in [0, 0.1) is 3.57 Å². The third kappa shape index (κ3) is 7.18. The quantitative estimate of drug-likeness (QED) is 0.540. The van der Waals surface area contributed by atoms with Crippen molar-refractivity contribution in [2.24, 2.45) is 0 Å². The molecule has 18 heavy (non-hydrogen) atoms. The Hall–Kier alpha value is -0.330. The topological polar surface area (TPSA) is 30.5 Å². The number of hydrogen-bond acceptors (Lipinski definition) is 3. The van der Waals surface area contributed by atoms with E-state index in [4.69, 9.17) is 9.47 Å². The van der Waals surface area contributed by atoms with Gasteiger partial charge in [0.25, 0.3) is 0 Å². The van der Waals surface area contributed by atoms with E-state index in [9.17, 15) is 0 Å². The summed E-state index contributed by atoms with van der Waals surface area (Å²) in [6, 6.07) is 8.59. The van der Waals surface area contributed by atoms with Crippen molar-refractivity contribution in [2.75, 3.05) is 26.4 Å². The van der Waals surface area contributed by atoms with Crippen molar-refractivity contribution in [3.8, 4) is 5.75 Å². The van der Waals surface area contributed by atoms with Gasteiger partial charge in [0.2, 0.25) is 0 Å². The van der Waals surface area contributed by atoms with Gasteiger partial charge in [-0.3, -0.25) is 0 Å². The van der Waals surface area contributed by atoms with Crippen LogP contribution in [0.5, 0.6) is 5.75 Å². The van der Waals surface area contributed by atoms with E-state index in [1.807, 2.05) is 24.3 Å². The van der Waals surface area contributed by atoms with Crippen LogP contribution in [0.2, 0.25) is 0 Å². The summed E-state index contributed by atoms with van der Waals surface area (Å²) in [5, 5.41) is 3.38. The lowest BCUT2D eigenvalue weighted by Crippen LogP contribution is -2.29. The van der Waals surface area contributed by atoms with Crippen LogP contribution < -0.4 is 10.1 Å². The maximum atomic E-state index is 5.56. The average Bonchev–Trinajstić information content (AvgIpc) is 2.39. The fraction of sp³-hybridized carbons (Fsp3) is 0.571. The zero-order chi connectivity index (χ0) is 13.2. The maximum absolute atomic E-state index is 5.56. The lowest BCUT2D eigenvalue weighted by Gasteiger charge is -2.11. The molecular weight excluding hydrogens is 341 g/mol. The van der Waals surface area contributed by atoms with Crippen molar-refractivity contribution in [3.63, 3.8) is 0 Å². The Morgan fingerprint density at radius 3 is 2.56 bits per heavy atom. The van der Waals surface area contributed by atoms with Gasteiger partial charge >= 0.3 is 0 Å². The molecule has 0 spiro atoms. The van der Waals surface area contributed by atoms with Crippen LogP contribution in [0.15, 0.2) is 24.3 Å². The van der Waals surface area contributed by atoms with Crippen molar-refractivity contribution in [1.29, 1.82) is 0 Å². The first-order valence-electron chi connectivity index (χ1n) is 6.42. The molecule has 0 unspecified atom stereocenters. The molecule has 0 heterocycles. The molecule has 3 nitrogen and oxygen atoms in total. The molecule has 0 amide bonds. The van der Waals surface area contributed by atoms with E-state index in [1.54, 1.807) is 0 Å². The molecule has 0 fully saturated rings. The van der Waals surface area contributed by atoms with Gasteiger partial charge in [0, 0.05) is 16.2 Å². The number of benzene rings is 1. The summed E-state index contributed by atoms with van der Waals surface area (Å²) in [6.07, 6.45) is 1.15. The summed E-state index contributed by atoms with van der Waals surface area (Å²) in [7, 11) is 0. The Morgan fingerprint density at radius 1 is 1.17 bits per heavy atom. The van der Waals surface area contributed by atoms with E-state index in [2.05, 4.69) is 41.8 Å². The fourth-order valence-electron chi connectivity index (χ4n) is 1.37. The molecule has 0 aromatic heterocycles. The van der Waals surface area contributed by atoms with Crippen molar-refractivity contribution in [2.45, 2.75) is 26.3 Å². The summed E-state index contributed by atoms with van der Waals surface area (Å²) in [4.78, 5) is 0. The molecule has 0 aliphatic rings. The molecule has 0 aliphatic heterocycles. The molecule has 0 aliphatic carbocycles. The van der Waals surface area contributed by atoms with Crippen molar-refractivity contribution >= 4 is 22.6 Å². The van der Waals surface area contributed by atoms with Crippen LogP contribution in [-0.2, 0) is 4.74 Å². The van der Waals surface area contributed by atoms with Crippen LogP contribution in [0.25, 0.3) is 0 Å². The number of hydrogen-bond donors (Lipinski definition) is 1. The largest absolute Gasteiger partial charge is 0.491 e. The summed E-state index contributed by atoms with van der Waals surface area (Å²) in [5.41, 5.74) is 0. The van der Waals surface area contributed by atoms with Crippen LogP contribution in [0.4, 0.5) is 0 Å². The second-order valence-electron chi connectivity index (χ2n) is 4.18. The van der Waals surface area contributed by atoms with E-state index in [1.165, 1.54) is 3.57 Å². The minimum absolute atomic E-state index is 0.566. The van der Waals surface area contributed by atoms with Crippen LogP contribution >= 0.6 is 22.6 Å².